The van der Waals surface area contributed by atoms with Gasteiger partial charge in [0.15, 0.2) is 0 Å². The van der Waals surface area contributed by atoms with Crippen LogP contribution in [0.1, 0.15) is 72.4 Å². The van der Waals surface area contributed by atoms with E-state index in [0.717, 1.165) is 108 Å². The van der Waals surface area contributed by atoms with Crippen molar-refractivity contribution >= 4 is 33.8 Å². The first kappa shape index (κ1) is 30.9. The van der Waals surface area contributed by atoms with Crippen LogP contribution in [0.2, 0.25) is 0 Å². The summed E-state index contributed by atoms with van der Waals surface area (Å²) < 4.78 is 7.98. The maximum atomic E-state index is 14.2. The van der Waals surface area contributed by atoms with Gasteiger partial charge in [-0.15, -0.1) is 0 Å². The summed E-state index contributed by atoms with van der Waals surface area (Å²) in [5.41, 5.74) is 7.33. The van der Waals surface area contributed by atoms with E-state index in [0.29, 0.717) is 18.9 Å². The third-order valence-corrected chi connectivity index (χ3v) is 11.0. The van der Waals surface area contributed by atoms with Crippen molar-refractivity contribution in [2.45, 2.75) is 77.3 Å². The molecule has 3 aliphatic rings. The SMILES string of the molecule is Cc1nc2c(c(C)c1CCC(=O)O)c1ccccc1n2Cc1ccc(C(C(=O)N2CCN(C3CCC3)CC2)C2CCOCC2)cc1. The van der Waals surface area contributed by atoms with Gasteiger partial charge in [0, 0.05) is 74.9 Å². The van der Waals surface area contributed by atoms with E-state index in [4.69, 9.17) is 9.72 Å². The fourth-order valence-electron chi connectivity index (χ4n) is 8.12. The van der Waals surface area contributed by atoms with Crippen molar-refractivity contribution in [3.05, 3.63) is 76.5 Å². The number of para-hydroxylation sites is 1. The highest BCUT2D eigenvalue weighted by atomic mass is 16.5. The molecule has 8 heteroatoms. The van der Waals surface area contributed by atoms with E-state index in [1.165, 1.54) is 19.3 Å². The lowest BCUT2D eigenvalue weighted by Gasteiger charge is -2.44. The molecule has 4 aromatic rings. The topological polar surface area (TPSA) is 87.9 Å². The Morgan fingerprint density at radius 2 is 1.67 bits per heavy atom. The molecular formula is C38H46N4O4. The summed E-state index contributed by atoms with van der Waals surface area (Å²) in [6.45, 7) is 9.81. The number of hydrogen-bond donors (Lipinski definition) is 1. The van der Waals surface area contributed by atoms with Crippen LogP contribution < -0.4 is 0 Å². The van der Waals surface area contributed by atoms with E-state index >= 15 is 0 Å². The van der Waals surface area contributed by atoms with Crippen molar-refractivity contribution in [3.63, 3.8) is 0 Å². The molecule has 0 bridgehead atoms. The molecule has 1 unspecified atom stereocenters. The number of aryl methyl sites for hydroxylation is 2. The Kier molecular flexibility index (Phi) is 8.84. The first-order valence-corrected chi connectivity index (χ1v) is 17.2. The van der Waals surface area contributed by atoms with Gasteiger partial charge in [0.05, 0.1) is 11.4 Å². The summed E-state index contributed by atoms with van der Waals surface area (Å²) in [6, 6.07) is 17.9. The van der Waals surface area contributed by atoms with Crippen LogP contribution in [0.3, 0.4) is 0 Å². The van der Waals surface area contributed by atoms with Gasteiger partial charge in [0.1, 0.15) is 5.65 Å². The molecule has 1 amide bonds. The van der Waals surface area contributed by atoms with Crippen LogP contribution >= 0.6 is 0 Å². The molecule has 46 heavy (non-hydrogen) atoms. The number of carbonyl (C=O) groups is 2. The van der Waals surface area contributed by atoms with Gasteiger partial charge >= 0.3 is 5.97 Å². The van der Waals surface area contributed by atoms with Crippen LogP contribution in [-0.2, 0) is 27.3 Å². The van der Waals surface area contributed by atoms with Crippen molar-refractivity contribution in [1.82, 2.24) is 19.4 Å². The van der Waals surface area contributed by atoms with E-state index in [-0.39, 0.29) is 18.2 Å². The number of aromatic nitrogens is 2. The van der Waals surface area contributed by atoms with Crippen LogP contribution in [0.4, 0.5) is 0 Å². The van der Waals surface area contributed by atoms with Gasteiger partial charge in [0.25, 0.3) is 0 Å². The number of hydrogen-bond acceptors (Lipinski definition) is 5. The Morgan fingerprint density at radius 1 is 0.957 bits per heavy atom. The second-order valence-corrected chi connectivity index (χ2v) is 13.6. The lowest BCUT2D eigenvalue weighted by molar-refractivity contribution is -0.138. The summed E-state index contributed by atoms with van der Waals surface area (Å²) in [7, 11) is 0. The summed E-state index contributed by atoms with van der Waals surface area (Å²) in [4.78, 5) is 35.3. The van der Waals surface area contributed by atoms with Crippen molar-refractivity contribution in [2.75, 3.05) is 39.4 Å². The molecule has 7 rings (SSSR count). The quantitative estimate of drug-likeness (QED) is 0.244. The molecule has 1 N–H and O–H groups in total. The number of carboxylic acid groups (broad SMARTS) is 1. The average Bonchev–Trinajstić information content (AvgIpc) is 3.34. The standard InChI is InChI=1S/C38H46N4O4/c1-25-31(14-15-34(43)44)26(2)39-37-35(25)32-8-3-4-9-33(32)42(37)24-27-10-12-28(13-11-27)36(29-16-22-46-23-17-29)38(45)41-20-18-40(19-21-41)30-6-5-7-30/h3-4,8-13,29-30,36H,5-7,14-24H2,1-2H3,(H,43,44). The van der Waals surface area contributed by atoms with Gasteiger partial charge in [-0.25, -0.2) is 4.98 Å². The lowest BCUT2D eigenvalue weighted by Crippen LogP contribution is -2.54. The first-order chi connectivity index (χ1) is 22.4. The lowest BCUT2D eigenvalue weighted by atomic mass is 9.80. The van der Waals surface area contributed by atoms with Crippen LogP contribution in [0.15, 0.2) is 48.5 Å². The number of aliphatic carboxylic acids is 1. The Morgan fingerprint density at radius 3 is 2.35 bits per heavy atom. The molecule has 8 nitrogen and oxygen atoms in total. The normalized spacial score (nSPS) is 19.0. The minimum absolute atomic E-state index is 0.0912. The number of rotatable bonds is 9. The van der Waals surface area contributed by atoms with E-state index in [1.54, 1.807) is 0 Å². The number of carboxylic acids is 1. The number of nitrogens with zero attached hydrogens (tertiary/aromatic N) is 4. The molecule has 3 fully saturated rings. The smallest absolute Gasteiger partial charge is 0.303 e. The van der Waals surface area contributed by atoms with E-state index in [9.17, 15) is 14.7 Å². The highest BCUT2D eigenvalue weighted by Crippen LogP contribution is 2.37. The number of carbonyl (C=O) groups excluding carboxylic acids is 1. The molecule has 2 aromatic carbocycles. The Bertz CT molecular complexity index is 1730. The summed E-state index contributed by atoms with van der Waals surface area (Å²) in [5.74, 6) is -0.363. The van der Waals surface area contributed by atoms with Crippen molar-refractivity contribution in [2.24, 2.45) is 5.92 Å². The van der Waals surface area contributed by atoms with Gasteiger partial charge in [-0.2, -0.15) is 0 Å². The van der Waals surface area contributed by atoms with Crippen LogP contribution in [-0.4, -0.2) is 81.8 Å². The zero-order chi connectivity index (χ0) is 31.8. The highest BCUT2D eigenvalue weighted by Gasteiger charge is 2.36. The monoisotopic (exact) mass is 622 g/mol. The largest absolute Gasteiger partial charge is 0.481 e. The summed E-state index contributed by atoms with van der Waals surface area (Å²) in [6.07, 6.45) is 6.36. The number of pyridine rings is 1. The first-order valence-electron chi connectivity index (χ1n) is 17.2. The van der Waals surface area contributed by atoms with E-state index < -0.39 is 5.97 Å². The molecule has 4 heterocycles. The number of piperazine rings is 1. The third kappa shape index (κ3) is 5.93. The number of benzene rings is 2. The Labute approximate surface area is 271 Å². The fourth-order valence-corrected chi connectivity index (χ4v) is 8.12. The number of ether oxygens (including phenoxy) is 1. The Balaban J connectivity index is 1.16. The fraction of sp³-hybridized carbons (Fsp3) is 0.500. The molecule has 1 atom stereocenters. The van der Waals surface area contributed by atoms with Gasteiger partial charge in [0.2, 0.25) is 5.91 Å². The molecule has 1 saturated carbocycles. The van der Waals surface area contributed by atoms with Crippen LogP contribution in [0.5, 0.6) is 0 Å². The summed E-state index contributed by atoms with van der Waals surface area (Å²) in [5, 5.41) is 11.6. The van der Waals surface area contributed by atoms with Gasteiger partial charge in [-0.1, -0.05) is 48.9 Å². The molecule has 2 saturated heterocycles. The van der Waals surface area contributed by atoms with Crippen molar-refractivity contribution in [1.29, 1.82) is 0 Å². The number of fused-ring (bicyclic) bond motifs is 3. The molecule has 2 aromatic heterocycles. The zero-order valence-corrected chi connectivity index (χ0v) is 27.2. The van der Waals surface area contributed by atoms with Crippen LogP contribution in [0.25, 0.3) is 21.9 Å². The minimum atomic E-state index is -0.794. The molecule has 242 valence electrons. The maximum absolute atomic E-state index is 14.2. The second-order valence-electron chi connectivity index (χ2n) is 13.6. The van der Waals surface area contributed by atoms with Crippen LogP contribution in [0, 0.1) is 19.8 Å². The molecule has 0 radical (unpaired) electrons. The van der Waals surface area contributed by atoms with E-state index in [2.05, 4.69) is 69.8 Å². The van der Waals surface area contributed by atoms with Crippen molar-refractivity contribution in [3.8, 4) is 0 Å². The average molecular weight is 623 g/mol. The zero-order valence-electron chi connectivity index (χ0n) is 27.2. The Hall–Kier alpha value is -3.75. The van der Waals surface area contributed by atoms with Gasteiger partial charge < -0.3 is 19.3 Å². The molecule has 2 aliphatic heterocycles. The predicted octanol–water partition coefficient (Wildman–Crippen LogP) is 6.08. The minimum Gasteiger partial charge on any atom is -0.481 e. The second kappa shape index (κ2) is 13.2. The molecule has 1 aliphatic carbocycles. The predicted molar refractivity (Wildman–Crippen MR) is 180 cm³/mol. The van der Waals surface area contributed by atoms with Gasteiger partial charge in [-0.05, 0) is 80.2 Å². The maximum Gasteiger partial charge on any atom is 0.303 e. The molecular weight excluding hydrogens is 576 g/mol. The van der Waals surface area contributed by atoms with E-state index in [1.807, 2.05) is 6.92 Å². The number of amides is 1. The highest BCUT2D eigenvalue weighted by molar-refractivity contribution is 6.08. The molecule has 0 spiro atoms. The summed E-state index contributed by atoms with van der Waals surface area (Å²) >= 11 is 0. The van der Waals surface area contributed by atoms with Crippen molar-refractivity contribution < 1.29 is 19.4 Å². The van der Waals surface area contributed by atoms with Gasteiger partial charge in [-0.3, -0.25) is 14.5 Å². The third-order valence-electron chi connectivity index (χ3n) is 11.0.